The van der Waals surface area contributed by atoms with Crippen LogP contribution >= 0.6 is 0 Å². The molecule has 3 rings (SSSR count). The Morgan fingerprint density at radius 1 is 0.714 bits per heavy atom. The number of halogens is 1. The molecule has 3 aromatic carbocycles. The molecular weight excluding hydrogens is 357 g/mol. The normalized spacial score (nSPS) is 10.5. The van der Waals surface area contributed by atoms with Gasteiger partial charge in [0.15, 0.2) is 11.5 Å². The number of hydrogen-bond donors (Lipinski definition) is 1. The van der Waals surface area contributed by atoms with E-state index >= 15 is 0 Å². The van der Waals surface area contributed by atoms with Crippen LogP contribution in [0.3, 0.4) is 0 Å². The van der Waals surface area contributed by atoms with E-state index in [1.165, 1.54) is 17.7 Å². The summed E-state index contributed by atoms with van der Waals surface area (Å²) in [4.78, 5) is 0. The second-order valence-corrected chi connectivity index (χ2v) is 6.45. The van der Waals surface area contributed by atoms with E-state index in [0.717, 1.165) is 30.0 Å². The van der Waals surface area contributed by atoms with Gasteiger partial charge < -0.3 is 19.5 Å². The summed E-state index contributed by atoms with van der Waals surface area (Å²) in [5.41, 5.74) is 3.30. The Balaban J connectivity index is 1.55. The zero-order valence-electron chi connectivity index (χ0n) is 16.2. The lowest BCUT2D eigenvalue weighted by Crippen LogP contribution is -2.80. The molecule has 28 heavy (non-hydrogen) atoms. The lowest BCUT2D eigenvalue weighted by atomic mass is 10.1. The van der Waals surface area contributed by atoms with Crippen LogP contribution in [-0.2, 0) is 19.7 Å². The van der Waals surface area contributed by atoms with Gasteiger partial charge in [0.2, 0.25) is 0 Å². The molecule has 0 aliphatic carbocycles. The Morgan fingerprint density at radius 3 is 2.04 bits per heavy atom. The van der Waals surface area contributed by atoms with E-state index in [0.29, 0.717) is 18.1 Å². The quantitative estimate of drug-likeness (QED) is 0.614. The molecule has 0 saturated carbocycles. The second kappa shape index (κ2) is 9.76. The number of nitrogens with two attached hydrogens (primary N) is 1. The third kappa shape index (κ3) is 5.47. The van der Waals surface area contributed by atoms with Crippen molar-refractivity contribution in [2.75, 3.05) is 14.2 Å². The van der Waals surface area contributed by atoms with Crippen molar-refractivity contribution in [1.29, 1.82) is 0 Å². The predicted molar refractivity (Wildman–Crippen MR) is 106 cm³/mol. The van der Waals surface area contributed by atoms with Gasteiger partial charge in [0.1, 0.15) is 31.3 Å². The van der Waals surface area contributed by atoms with E-state index in [1.807, 2.05) is 30.3 Å². The van der Waals surface area contributed by atoms with Crippen molar-refractivity contribution in [3.63, 3.8) is 0 Å². The van der Waals surface area contributed by atoms with Gasteiger partial charge >= 0.3 is 0 Å². The number of rotatable bonds is 9. The maximum Gasteiger partial charge on any atom is 0.161 e. The van der Waals surface area contributed by atoms with Crippen molar-refractivity contribution in [1.82, 2.24) is 0 Å². The summed E-state index contributed by atoms with van der Waals surface area (Å²) in [5, 5.41) is 2.23. The van der Waals surface area contributed by atoms with Crippen molar-refractivity contribution in [2.45, 2.75) is 19.7 Å². The number of quaternary nitrogens is 1. The lowest BCUT2D eigenvalue weighted by Gasteiger charge is -2.12. The summed E-state index contributed by atoms with van der Waals surface area (Å²) in [6, 6.07) is 20.3. The molecule has 0 aliphatic rings. The highest BCUT2D eigenvalue weighted by Crippen LogP contribution is 2.28. The van der Waals surface area contributed by atoms with Crippen molar-refractivity contribution in [3.05, 3.63) is 89.2 Å². The van der Waals surface area contributed by atoms with Gasteiger partial charge in [-0.1, -0.05) is 12.1 Å². The minimum Gasteiger partial charge on any atom is -0.497 e. The summed E-state index contributed by atoms with van der Waals surface area (Å²) < 4.78 is 29.5. The maximum atomic E-state index is 13.0. The standard InChI is InChI=1S/C23H24FNO3/c1-26-21-10-5-17(6-11-21)14-25-15-19-7-12-22(23(13-19)27-2)28-16-18-3-8-20(24)9-4-18/h3-13,25H,14-16H2,1-2H3/p+1. The van der Waals surface area contributed by atoms with Crippen LogP contribution in [0, 0.1) is 5.82 Å². The number of ether oxygens (including phenoxy) is 3. The van der Waals surface area contributed by atoms with E-state index < -0.39 is 0 Å². The summed E-state index contributed by atoms with van der Waals surface area (Å²) in [5.74, 6) is 1.98. The fourth-order valence-electron chi connectivity index (χ4n) is 2.87. The second-order valence-electron chi connectivity index (χ2n) is 6.45. The molecular formula is C23H25FNO3+. The van der Waals surface area contributed by atoms with Crippen LogP contribution in [0.1, 0.15) is 16.7 Å². The molecule has 0 aliphatic heterocycles. The molecule has 0 fully saturated rings. The van der Waals surface area contributed by atoms with Crippen LogP contribution in [0.4, 0.5) is 4.39 Å². The molecule has 0 aromatic heterocycles. The zero-order valence-corrected chi connectivity index (χ0v) is 16.2. The van der Waals surface area contributed by atoms with Crippen LogP contribution in [0.25, 0.3) is 0 Å². The molecule has 3 aromatic rings. The highest BCUT2D eigenvalue weighted by atomic mass is 19.1. The van der Waals surface area contributed by atoms with E-state index in [1.54, 1.807) is 26.4 Å². The molecule has 0 radical (unpaired) electrons. The Morgan fingerprint density at radius 2 is 1.36 bits per heavy atom. The third-order valence-electron chi connectivity index (χ3n) is 4.45. The first-order valence-electron chi connectivity index (χ1n) is 9.16. The van der Waals surface area contributed by atoms with Gasteiger partial charge in [0.25, 0.3) is 0 Å². The van der Waals surface area contributed by atoms with E-state index in [4.69, 9.17) is 14.2 Å². The van der Waals surface area contributed by atoms with Crippen molar-refractivity contribution >= 4 is 0 Å². The average Bonchev–Trinajstić information content (AvgIpc) is 2.74. The molecule has 0 saturated heterocycles. The first kappa shape index (κ1) is 19.7. The van der Waals surface area contributed by atoms with Gasteiger partial charge in [0.05, 0.1) is 14.2 Å². The molecule has 5 heteroatoms. The van der Waals surface area contributed by atoms with Crippen molar-refractivity contribution in [2.24, 2.45) is 0 Å². The number of benzene rings is 3. The van der Waals surface area contributed by atoms with Gasteiger partial charge in [-0.05, 0) is 60.2 Å². The fraction of sp³-hybridized carbons (Fsp3) is 0.217. The van der Waals surface area contributed by atoms with Gasteiger partial charge in [-0.2, -0.15) is 0 Å². The largest absolute Gasteiger partial charge is 0.497 e. The van der Waals surface area contributed by atoms with Gasteiger partial charge in [-0.25, -0.2) is 4.39 Å². The maximum absolute atomic E-state index is 13.0. The molecule has 0 heterocycles. The van der Waals surface area contributed by atoms with Gasteiger partial charge in [-0.15, -0.1) is 0 Å². The smallest absolute Gasteiger partial charge is 0.161 e. The van der Waals surface area contributed by atoms with E-state index in [9.17, 15) is 4.39 Å². The molecule has 146 valence electrons. The Hall–Kier alpha value is -3.05. The van der Waals surface area contributed by atoms with E-state index in [2.05, 4.69) is 17.4 Å². The Labute approximate surface area is 164 Å². The predicted octanol–water partition coefficient (Wildman–Crippen LogP) is 3.69. The third-order valence-corrected chi connectivity index (χ3v) is 4.45. The molecule has 0 unspecified atom stereocenters. The fourth-order valence-corrected chi connectivity index (χ4v) is 2.87. The summed E-state index contributed by atoms with van der Waals surface area (Å²) in [6.07, 6.45) is 0. The van der Waals surface area contributed by atoms with Crippen LogP contribution in [0.15, 0.2) is 66.7 Å². The molecule has 4 nitrogen and oxygen atoms in total. The van der Waals surface area contributed by atoms with Crippen molar-refractivity contribution in [3.8, 4) is 17.2 Å². The molecule has 0 atom stereocenters. The van der Waals surface area contributed by atoms with Crippen LogP contribution in [0.5, 0.6) is 17.2 Å². The number of methoxy groups -OCH3 is 2. The zero-order chi connectivity index (χ0) is 19.8. The summed E-state index contributed by atoms with van der Waals surface area (Å²) in [7, 11) is 3.30. The van der Waals surface area contributed by atoms with Crippen LogP contribution in [-0.4, -0.2) is 14.2 Å². The summed E-state index contributed by atoms with van der Waals surface area (Å²) in [6.45, 7) is 2.08. The van der Waals surface area contributed by atoms with Crippen molar-refractivity contribution < 1.29 is 23.9 Å². The average molecular weight is 382 g/mol. The van der Waals surface area contributed by atoms with Gasteiger partial charge in [-0.3, -0.25) is 0 Å². The summed E-state index contributed by atoms with van der Waals surface area (Å²) >= 11 is 0. The molecule has 0 spiro atoms. The molecule has 2 N–H and O–H groups in total. The molecule has 0 bridgehead atoms. The highest BCUT2D eigenvalue weighted by molar-refractivity contribution is 5.43. The molecule has 0 amide bonds. The highest BCUT2D eigenvalue weighted by Gasteiger charge is 2.08. The number of hydrogen-bond acceptors (Lipinski definition) is 3. The lowest BCUT2D eigenvalue weighted by molar-refractivity contribution is -0.686. The minimum absolute atomic E-state index is 0.253. The topological polar surface area (TPSA) is 44.3 Å². The van der Waals surface area contributed by atoms with Gasteiger partial charge in [0, 0.05) is 11.1 Å². The monoisotopic (exact) mass is 382 g/mol. The SMILES string of the molecule is COc1ccc(C[NH2+]Cc2ccc(OCc3ccc(F)cc3)c(OC)c2)cc1. The minimum atomic E-state index is -0.253. The first-order chi connectivity index (χ1) is 13.7. The Bertz CT molecular complexity index is 879. The van der Waals surface area contributed by atoms with E-state index in [-0.39, 0.29) is 5.82 Å². The van der Waals surface area contributed by atoms with Crippen LogP contribution < -0.4 is 19.5 Å². The Kier molecular flexibility index (Phi) is 6.87. The van der Waals surface area contributed by atoms with Crippen LogP contribution in [0.2, 0.25) is 0 Å². The first-order valence-corrected chi connectivity index (χ1v) is 9.16.